The van der Waals surface area contributed by atoms with Crippen molar-refractivity contribution in [2.45, 2.75) is 46.1 Å². The van der Waals surface area contributed by atoms with Crippen molar-refractivity contribution in [2.75, 3.05) is 20.8 Å². The molecule has 0 saturated heterocycles. The smallest absolute Gasteiger partial charge is 0.122 e. The lowest BCUT2D eigenvalue weighted by atomic mass is 9.92. The standard InChI is InChI=1S/C17H29NO2/c1-6-8-13(3)9-17(18-7-2)14-10-15(19-4)12-16(11-14)20-5/h10-13,17-18H,6-9H2,1-5H3. The van der Waals surface area contributed by atoms with Crippen LogP contribution in [0, 0.1) is 5.92 Å². The molecule has 1 rings (SSSR count). The highest BCUT2D eigenvalue weighted by atomic mass is 16.5. The summed E-state index contributed by atoms with van der Waals surface area (Å²) in [5.74, 6) is 2.41. The summed E-state index contributed by atoms with van der Waals surface area (Å²) >= 11 is 0. The highest BCUT2D eigenvalue weighted by Gasteiger charge is 2.16. The van der Waals surface area contributed by atoms with Gasteiger partial charge in [-0.3, -0.25) is 0 Å². The maximum absolute atomic E-state index is 5.37. The minimum absolute atomic E-state index is 0.352. The molecule has 0 spiro atoms. The van der Waals surface area contributed by atoms with Crippen molar-refractivity contribution in [3.05, 3.63) is 23.8 Å². The number of hydrogen-bond acceptors (Lipinski definition) is 3. The highest BCUT2D eigenvalue weighted by molar-refractivity contribution is 5.39. The summed E-state index contributed by atoms with van der Waals surface area (Å²) in [5, 5.41) is 3.58. The Balaban J connectivity index is 2.94. The van der Waals surface area contributed by atoms with E-state index in [4.69, 9.17) is 9.47 Å². The van der Waals surface area contributed by atoms with Crippen LogP contribution in [0.5, 0.6) is 11.5 Å². The van der Waals surface area contributed by atoms with Crippen LogP contribution in [0.3, 0.4) is 0 Å². The fraction of sp³-hybridized carbons (Fsp3) is 0.647. The minimum atomic E-state index is 0.352. The minimum Gasteiger partial charge on any atom is -0.497 e. The molecular weight excluding hydrogens is 250 g/mol. The SMILES string of the molecule is CCCC(C)CC(NCC)c1cc(OC)cc(OC)c1. The quantitative estimate of drug-likeness (QED) is 0.735. The summed E-state index contributed by atoms with van der Waals surface area (Å²) < 4.78 is 10.7. The first-order valence-electron chi connectivity index (χ1n) is 7.60. The van der Waals surface area contributed by atoms with Gasteiger partial charge in [0.15, 0.2) is 0 Å². The largest absolute Gasteiger partial charge is 0.497 e. The molecule has 0 heterocycles. The molecule has 1 aromatic rings. The Kier molecular flexibility index (Phi) is 7.45. The maximum Gasteiger partial charge on any atom is 0.122 e. The van der Waals surface area contributed by atoms with E-state index in [0.717, 1.165) is 24.5 Å². The van der Waals surface area contributed by atoms with Crippen molar-refractivity contribution in [3.8, 4) is 11.5 Å². The predicted octanol–water partition coefficient (Wildman–Crippen LogP) is 4.18. The Morgan fingerprint density at radius 1 is 1.05 bits per heavy atom. The molecule has 114 valence electrons. The molecule has 0 aliphatic heterocycles. The molecular formula is C17H29NO2. The molecule has 0 bridgehead atoms. The second kappa shape index (κ2) is 8.85. The Morgan fingerprint density at radius 3 is 2.10 bits per heavy atom. The van der Waals surface area contributed by atoms with Gasteiger partial charge in [0, 0.05) is 12.1 Å². The zero-order valence-corrected chi connectivity index (χ0v) is 13.5. The lowest BCUT2D eigenvalue weighted by Crippen LogP contribution is -2.23. The predicted molar refractivity (Wildman–Crippen MR) is 84.7 cm³/mol. The van der Waals surface area contributed by atoms with Crippen LogP contribution in [0.4, 0.5) is 0 Å². The van der Waals surface area contributed by atoms with Gasteiger partial charge in [0.05, 0.1) is 14.2 Å². The number of hydrogen-bond donors (Lipinski definition) is 1. The summed E-state index contributed by atoms with van der Waals surface area (Å²) in [4.78, 5) is 0. The van der Waals surface area contributed by atoms with Crippen LogP contribution in [0.2, 0.25) is 0 Å². The third-order valence-corrected chi connectivity index (χ3v) is 3.65. The maximum atomic E-state index is 5.37. The Labute approximate surface area is 123 Å². The first-order chi connectivity index (χ1) is 9.64. The van der Waals surface area contributed by atoms with E-state index in [-0.39, 0.29) is 0 Å². The van der Waals surface area contributed by atoms with Crippen molar-refractivity contribution in [1.82, 2.24) is 5.32 Å². The molecule has 0 aliphatic rings. The van der Waals surface area contributed by atoms with Crippen molar-refractivity contribution < 1.29 is 9.47 Å². The number of ether oxygens (including phenoxy) is 2. The lowest BCUT2D eigenvalue weighted by Gasteiger charge is -2.23. The van der Waals surface area contributed by atoms with Crippen LogP contribution in [-0.2, 0) is 0 Å². The normalized spacial score (nSPS) is 13.8. The molecule has 1 aromatic carbocycles. The van der Waals surface area contributed by atoms with Crippen LogP contribution in [0.25, 0.3) is 0 Å². The first kappa shape index (κ1) is 16.8. The number of rotatable bonds is 9. The zero-order chi connectivity index (χ0) is 15.0. The van der Waals surface area contributed by atoms with Crippen LogP contribution < -0.4 is 14.8 Å². The van der Waals surface area contributed by atoms with Crippen molar-refractivity contribution in [3.63, 3.8) is 0 Å². The van der Waals surface area contributed by atoms with E-state index < -0.39 is 0 Å². The summed E-state index contributed by atoms with van der Waals surface area (Å²) in [6.45, 7) is 7.68. The Hall–Kier alpha value is -1.22. The number of nitrogens with one attached hydrogen (secondary N) is 1. The van der Waals surface area contributed by atoms with E-state index in [1.807, 2.05) is 6.07 Å². The van der Waals surface area contributed by atoms with Gasteiger partial charge in [0.2, 0.25) is 0 Å². The molecule has 0 saturated carbocycles. The van der Waals surface area contributed by atoms with Crippen LogP contribution in [0.15, 0.2) is 18.2 Å². The van der Waals surface area contributed by atoms with Gasteiger partial charge in [-0.15, -0.1) is 0 Å². The molecule has 1 N–H and O–H groups in total. The average Bonchev–Trinajstić information content (AvgIpc) is 2.46. The van der Waals surface area contributed by atoms with Gasteiger partial charge in [-0.1, -0.05) is 33.6 Å². The lowest BCUT2D eigenvalue weighted by molar-refractivity contribution is 0.378. The average molecular weight is 279 g/mol. The van der Waals surface area contributed by atoms with Gasteiger partial charge in [-0.25, -0.2) is 0 Å². The second-order valence-electron chi connectivity index (χ2n) is 5.39. The van der Waals surface area contributed by atoms with E-state index in [1.54, 1.807) is 14.2 Å². The molecule has 0 aromatic heterocycles. The molecule has 0 amide bonds. The number of benzene rings is 1. The summed E-state index contributed by atoms with van der Waals surface area (Å²) in [5.41, 5.74) is 1.24. The molecule has 0 fully saturated rings. The molecule has 3 heteroatoms. The zero-order valence-electron chi connectivity index (χ0n) is 13.5. The topological polar surface area (TPSA) is 30.5 Å². The van der Waals surface area contributed by atoms with E-state index in [1.165, 1.54) is 18.4 Å². The fourth-order valence-corrected chi connectivity index (χ4v) is 2.63. The molecule has 20 heavy (non-hydrogen) atoms. The summed E-state index contributed by atoms with van der Waals surface area (Å²) in [6, 6.07) is 6.48. The summed E-state index contributed by atoms with van der Waals surface area (Å²) in [7, 11) is 3.39. The number of methoxy groups -OCH3 is 2. The van der Waals surface area contributed by atoms with Gasteiger partial charge in [-0.2, -0.15) is 0 Å². The van der Waals surface area contributed by atoms with Crippen LogP contribution in [0.1, 0.15) is 51.6 Å². The first-order valence-corrected chi connectivity index (χ1v) is 7.60. The third kappa shape index (κ3) is 5.04. The van der Waals surface area contributed by atoms with Crippen molar-refractivity contribution in [1.29, 1.82) is 0 Å². The fourth-order valence-electron chi connectivity index (χ4n) is 2.63. The molecule has 2 atom stereocenters. The Bertz CT molecular complexity index is 370. The molecule has 0 aliphatic carbocycles. The Morgan fingerprint density at radius 2 is 1.65 bits per heavy atom. The molecule has 2 unspecified atom stereocenters. The van der Waals surface area contributed by atoms with Crippen molar-refractivity contribution in [2.24, 2.45) is 5.92 Å². The van der Waals surface area contributed by atoms with Gasteiger partial charge in [-0.05, 0) is 36.6 Å². The molecule has 0 radical (unpaired) electrons. The van der Waals surface area contributed by atoms with Gasteiger partial charge in [0.1, 0.15) is 11.5 Å². The summed E-state index contributed by atoms with van der Waals surface area (Å²) in [6.07, 6.45) is 3.64. The van der Waals surface area contributed by atoms with E-state index in [0.29, 0.717) is 12.0 Å². The van der Waals surface area contributed by atoms with Crippen molar-refractivity contribution >= 4 is 0 Å². The highest BCUT2D eigenvalue weighted by Crippen LogP contribution is 2.30. The molecule has 3 nitrogen and oxygen atoms in total. The van der Waals surface area contributed by atoms with E-state index in [2.05, 4.69) is 38.2 Å². The third-order valence-electron chi connectivity index (χ3n) is 3.65. The van der Waals surface area contributed by atoms with E-state index in [9.17, 15) is 0 Å². The van der Waals surface area contributed by atoms with Crippen LogP contribution >= 0.6 is 0 Å². The van der Waals surface area contributed by atoms with Gasteiger partial charge >= 0.3 is 0 Å². The van der Waals surface area contributed by atoms with E-state index >= 15 is 0 Å². The van der Waals surface area contributed by atoms with Gasteiger partial charge < -0.3 is 14.8 Å². The van der Waals surface area contributed by atoms with Gasteiger partial charge in [0.25, 0.3) is 0 Å². The second-order valence-corrected chi connectivity index (χ2v) is 5.39. The monoisotopic (exact) mass is 279 g/mol. The van der Waals surface area contributed by atoms with Crippen LogP contribution in [-0.4, -0.2) is 20.8 Å².